The van der Waals surface area contributed by atoms with Crippen LogP contribution in [0.1, 0.15) is 28.3 Å². The van der Waals surface area contributed by atoms with Crippen LogP contribution in [0.15, 0.2) is 5.38 Å². The lowest BCUT2D eigenvalue weighted by Crippen LogP contribution is -2.29. The summed E-state index contributed by atoms with van der Waals surface area (Å²) in [5, 5.41) is 11.6. The first-order valence-electron chi connectivity index (χ1n) is 6.29. The van der Waals surface area contributed by atoms with Crippen molar-refractivity contribution >= 4 is 17.2 Å². The Bertz CT molecular complexity index is 408. The Balaban J connectivity index is 1.94. The molecule has 100 valence electrons. The number of aliphatic hydroxyl groups is 1. The lowest BCUT2D eigenvalue weighted by molar-refractivity contribution is 0.0779. The smallest absolute Gasteiger partial charge is 0.273 e. The summed E-state index contributed by atoms with van der Waals surface area (Å²) in [6, 6.07) is 0. The largest absolute Gasteiger partial charge is 0.396 e. The van der Waals surface area contributed by atoms with Crippen LogP contribution in [0.5, 0.6) is 0 Å². The second-order valence-electron chi connectivity index (χ2n) is 4.58. The topological polar surface area (TPSA) is 79.5 Å². The molecule has 1 unspecified atom stereocenters. The molecule has 1 saturated heterocycles. The number of carbonyl (C=O) groups excluding carboxylic acids is 1. The van der Waals surface area contributed by atoms with E-state index in [1.165, 1.54) is 11.3 Å². The van der Waals surface area contributed by atoms with E-state index in [2.05, 4.69) is 4.98 Å². The van der Waals surface area contributed by atoms with Gasteiger partial charge in [0.15, 0.2) is 0 Å². The number of hydrogen-bond donors (Lipinski definition) is 2. The molecule has 1 aromatic heterocycles. The monoisotopic (exact) mass is 269 g/mol. The van der Waals surface area contributed by atoms with Gasteiger partial charge >= 0.3 is 0 Å². The van der Waals surface area contributed by atoms with Crippen molar-refractivity contribution in [3.05, 3.63) is 16.1 Å². The summed E-state index contributed by atoms with van der Waals surface area (Å²) in [7, 11) is 0. The maximum atomic E-state index is 12.2. The highest BCUT2D eigenvalue weighted by Gasteiger charge is 2.27. The van der Waals surface area contributed by atoms with E-state index >= 15 is 0 Å². The van der Waals surface area contributed by atoms with Crippen molar-refractivity contribution < 1.29 is 9.90 Å². The molecular weight excluding hydrogens is 250 g/mol. The summed E-state index contributed by atoms with van der Waals surface area (Å²) in [6.45, 7) is 2.27. The second kappa shape index (κ2) is 6.26. The highest BCUT2D eigenvalue weighted by molar-refractivity contribution is 7.09. The first-order chi connectivity index (χ1) is 8.74. The third-order valence-electron chi connectivity index (χ3n) is 3.24. The Morgan fingerprint density at radius 2 is 2.50 bits per heavy atom. The fourth-order valence-corrected chi connectivity index (χ4v) is 3.03. The Hall–Kier alpha value is -0.980. The van der Waals surface area contributed by atoms with E-state index in [0.717, 1.165) is 37.4 Å². The molecule has 2 rings (SSSR count). The molecule has 0 saturated carbocycles. The molecule has 1 aliphatic heterocycles. The molecule has 0 spiro atoms. The van der Waals surface area contributed by atoms with Crippen LogP contribution in [-0.2, 0) is 6.42 Å². The average Bonchev–Trinajstić information content (AvgIpc) is 2.98. The molecule has 5 nitrogen and oxygen atoms in total. The number of carbonyl (C=O) groups is 1. The summed E-state index contributed by atoms with van der Waals surface area (Å²) >= 11 is 1.49. The third-order valence-corrected chi connectivity index (χ3v) is 4.15. The SMILES string of the molecule is NCCc1nc(C(=O)N2CCC(CCO)C2)cs1. The highest BCUT2D eigenvalue weighted by atomic mass is 32.1. The molecule has 0 radical (unpaired) electrons. The molecule has 0 aliphatic carbocycles. The van der Waals surface area contributed by atoms with Crippen LogP contribution in [-0.4, -0.2) is 47.1 Å². The van der Waals surface area contributed by atoms with Crippen molar-refractivity contribution in [3.63, 3.8) is 0 Å². The minimum absolute atomic E-state index is 0.00922. The molecule has 2 heterocycles. The van der Waals surface area contributed by atoms with Gasteiger partial charge in [0.25, 0.3) is 5.91 Å². The number of amides is 1. The number of aliphatic hydroxyl groups excluding tert-OH is 1. The summed E-state index contributed by atoms with van der Waals surface area (Å²) in [5.74, 6) is 0.441. The summed E-state index contributed by atoms with van der Waals surface area (Å²) in [4.78, 5) is 18.3. The lowest BCUT2D eigenvalue weighted by atomic mass is 10.1. The maximum Gasteiger partial charge on any atom is 0.273 e. The minimum atomic E-state index is 0.00922. The average molecular weight is 269 g/mol. The number of nitrogens with two attached hydrogens (primary N) is 1. The van der Waals surface area contributed by atoms with Crippen LogP contribution in [0.3, 0.4) is 0 Å². The molecule has 1 atom stereocenters. The quantitative estimate of drug-likeness (QED) is 0.815. The van der Waals surface area contributed by atoms with Crippen LogP contribution < -0.4 is 5.73 Å². The van der Waals surface area contributed by atoms with Crippen molar-refractivity contribution in [2.24, 2.45) is 11.7 Å². The zero-order chi connectivity index (χ0) is 13.0. The van der Waals surface area contributed by atoms with Gasteiger partial charge in [-0.15, -0.1) is 11.3 Å². The van der Waals surface area contributed by atoms with Gasteiger partial charge in [-0.3, -0.25) is 4.79 Å². The second-order valence-corrected chi connectivity index (χ2v) is 5.53. The number of thiazole rings is 1. The van der Waals surface area contributed by atoms with E-state index in [-0.39, 0.29) is 12.5 Å². The van der Waals surface area contributed by atoms with E-state index < -0.39 is 0 Å². The maximum absolute atomic E-state index is 12.2. The van der Waals surface area contributed by atoms with Gasteiger partial charge in [-0.05, 0) is 25.3 Å². The predicted octanol–water partition coefficient (Wildman–Crippen LogP) is 0.489. The molecule has 1 aromatic rings. The Kier molecular flexibility index (Phi) is 4.68. The van der Waals surface area contributed by atoms with Gasteiger partial charge in [-0.1, -0.05) is 0 Å². The first-order valence-corrected chi connectivity index (χ1v) is 7.17. The van der Waals surface area contributed by atoms with E-state index in [0.29, 0.717) is 18.2 Å². The van der Waals surface area contributed by atoms with Crippen molar-refractivity contribution in [2.75, 3.05) is 26.2 Å². The molecule has 3 N–H and O–H groups in total. The molecule has 1 aliphatic rings. The molecule has 6 heteroatoms. The van der Waals surface area contributed by atoms with Crippen molar-refractivity contribution in [1.82, 2.24) is 9.88 Å². The van der Waals surface area contributed by atoms with Gasteiger partial charge in [-0.25, -0.2) is 4.98 Å². The van der Waals surface area contributed by atoms with Crippen LogP contribution in [0.4, 0.5) is 0 Å². The molecule has 0 aromatic carbocycles. The van der Waals surface area contributed by atoms with E-state index in [4.69, 9.17) is 10.8 Å². The van der Waals surface area contributed by atoms with Crippen LogP contribution in [0.2, 0.25) is 0 Å². The standard InChI is InChI=1S/C12H19N3O2S/c13-4-1-11-14-10(8-18-11)12(17)15-5-2-9(7-15)3-6-16/h8-9,16H,1-7,13H2. The van der Waals surface area contributed by atoms with Gasteiger partial charge in [0.2, 0.25) is 0 Å². The van der Waals surface area contributed by atoms with Crippen molar-refractivity contribution in [3.8, 4) is 0 Å². The van der Waals surface area contributed by atoms with Gasteiger partial charge in [0, 0.05) is 31.5 Å². The van der Waals surface area contributed by atoms with E-state index in [1.807, 2.05) is 10.3 Å². The molecule has 18 heavy (non-hydrogen) atoms. The molecule has 1 amide bonds. The van der Waals surface area contributed by atoms with Gasteiger partial charge in [0.1, 0.15) is 5.69 Å². The van der Waals surface area contributed by atoms with E-state index in [1.54, 1.807) is 0 Å². The van der Waals surface area contributed by atoms with Gasteiger partial charge in [-0.2, -0.15) is 0 Å². The Morgan fingerprint density at radius 1 is 1.67 bits per heavy atom. The molecule has 0 bridgehead atoms. The fraction of sp³-hybridized carbons (Fsp3) is 0.667. The number of rotatable bonds is 5. The van der Waals surface area contributed by atoms with Crippen LogP contribution in [0.25, 0.3) is 0 Å². The summed E-state index contributed by atoms with van der Waals surface area (Å²) < 4.78 is 0. The zero-order valence-corrected chi connectivity index (χ0v) is 11.2. The molecular formula is C12H19N3O2S. The highest BCUT2D eigenvalue weighted by Crippen LogP contribution is 2.21. The molecule has 1 fully saturated rings. The number of likely N-dealkylation sites (tertiary alicyclic amines) is 1. The third kappa shape index (κ3) is 3.07. The minimum Gasteiger partial charge on any atom is -0.396 e. The van der Waals surface area contributed by atoms with Crippen LogP contribution in [0, 0.1) is 5.92 Å². The normalized spacial score (nSPS) is 19.4. The van der Waals surface area contributed by atoms with Gasteiger partial charge in [0.05, 0.1) is 5.01 Å². The number of aromatic nitrogens is 1. The van der Waals surface area contributed by atoms with Crippen LogP contribution >= 0.6 is 11.3 Å². The summed E-state index contributed by atoms with van der Waals surface area (Å²) in [6.07, 6.45) is 2.48. The van der Waals surface area contributed by atoms with Crippen molar-refractivity contribution in [1.29, 1.82) is 0 Å². The van der Waals surface area contributed by atoms with E-state index in [9.17, 15) is 4.79 Å². The number of nitrogens with zero attached hydrogens (tertiary/aromatic N) is 2. The lowest BCUT2D eigenvalue weighted by Gasteiger charge is -2.14. The first kappa shape index (κ1) is 13.5. The Labute approximate surface area is 111 Å². The summed E-state index contributed by atoms with van der Waals surface area (Å²) in [5.41, 5.74) is 6.00. The predicted molar refractivity (Wildman–Crippen MR) is 70.6 cm³/mol. The zero-order valence-electron chi connectivity index (χ0n) is 10.3. The fourth-order valence-electron chi connectivity index (χ4n) is 2.24. The van der Waals surface area contributed by atoms with Crippen molar-refractivity contribution in [2.45, 2.75) is 19.3 Å². The Morgan fingerprint density at radius 3 is 3.22 bits per heavy atom. The van der Waals surface area contributed by atoms with Gasteiger partial charge < -0.3 is 15.7 Å². The number of hydrogen-bond acceptors (Lipinski definition) is 5.